The second kappa shape index (κ2) is 8.63. The number of rotatable bonds is 7. The fourth-order valence-corrected chi connectivity index (χ4v) is 3.75. The fourth-order valence-electron chi connectivity index (χ4n) is 3.75. The van der Waals surface area contributed by atoms with Crippen LogP contribution < -0.4 is 10.4 Å². The average Bonchev–Trinajstić information content (AvgIpc) is 3.41. The summed E-state index contributed by atoms with van der Waals surface area (Å²) in [4.78, 5) is 12.9. The number of fused-ring (bicyclic) bond motifs is 3. The second-order valence-corrected chi connectivity index (χ2v) is 7.83. The first kappa shape index (κ1) is 20.5. The van der Waals surface area contributed by atoms with E-state index in [1.165, 1.54) is 9.08 Å². The third-order valence-electron chi connectivity index (χ3n) is 5.50. The maximum absolute atomic E-state index is 12.9. The largest absolute Gasteiger partial charge is 0.494 e. The van der Waals surface area contributed by atoms with Crippen molar-refractivity contribution in [2.75, 3.05) is 6.61 Å². The van der Waals surface area contributed by atoms with E-state index in [1.54, 1.807) is 35.1 Å². The zero-order valence-corrected chi connectivity index (χ0v) is 18.2. The normalized spacial score (nSPS) is 11.2. The van der Waals surface area contributed by atoms with Crippen LogP contribution in [-0.4, -0.2) is 30.4 Å². The van der Waals surface area contributed by atoms with Crippen molar-refractivity contribution < 1.29 is 4.74 Å². The van der Waals surface area contributed by atoms with Gasteiger partial charge in [0.25, 0.3) is 0 Å². The van der Waals surface area contributed by atoms with Crippen LogP contribution in [0.1, 0.15) is 30.9 Å². The van der Waals surface area contributed by atoms with Crippen molar-refractivity contribution >= 4 is 11.2 Å². The number of benzene rings is 2. The molecule has 8 heteroatoms. The summed E-state index contributed by atoms with van der Waals surface area (Å²) in [5, 5.41) is 18.3. The molecule has 0 amide bonds. The van der Waals surface area contributed by atoms with E-state index in [0.29, 0.717) is 17.8 Å². The number of ether oxygens (including phenoxy) is 1. The Morgan fingerprint density at radius 1 is 1.06 bits per heavy atom. The van der Waals surface area contributed by atoms with Crippen LogP contribution in [-0.2, 0) is 6.54 Å². The number of hydrogen-bond acceptors (Lipinski definition) is 5. The number of nitrogens with zero attached hydrogens (tertiary/aromatic N) is 6. The van der Waals surface area contributed by atoms with E-state index in [4.69, 9.17) is 10.00 Å². The van der Waals surface area contributed by atoms with Crippen molar-refractivity contribution in [3.63, 3.8) is 0 Å². The van der Waals surface area contributed by atoms with Gasteiger partial charge in [-0.3, -0.25) is 0 Å². The molecule has 5 aromatic rings. The molecule has 0 radical (unpaired) electrons. The lowest BCUT2D eigenvalue weighted by atomic mass is 10.1. The van der Waals surface area contributed by atoms with Crippen molar-refractivity contribution in [1.82, 2.24) is 23.8 Å². The Morgan fingerprint density at radius 2 is 1.91 bits per heavy atom. The van der Waals surface area contributed by atoms with Crippen molar-refractivity contribution in [3.8, 4) is 23.1 Å². The number of nitriles is 1. The SMILES string of the molecule is CCCCOc1ccc(-c2cc3c4nn(Cc5cccc(C#N)c5)c(=O)n4ccn3n2)cc1. The smallest absolute Gasteiger partial charge is 0.350 e. The molecule has 5 rings (SSSR count). The van der Waals surface area contributed by atoms with Crippen LogP contribution in [0.3, 0.4) is 0 Å². The van der Waals surface area contributed by atoms with Crippen LogP contribution >= 0.6 is 0 Å². The van der Waals surface area contributed by atoms with E-state index in [2.05, 4.69) is 23.2 Å². The summed E-state index contributed by atoms with van der Waals surface area (Å²) < 4.78 is 10.4. The lowest BCUT2D eigenvalue weighted by Gasteiger charge is -2.05. The Labute approximate surface area is 189 Å². The highest BCUT2D eigenvalue weighted by molar-refractivity contribution is 5.76. The predicted molar refractivity (Wildman–Crippen MR) is 124 cm³/mol. The van der Waals surface area contributed by atoms with E-state index in [9.17, 15) is 4.79 Å². The molecule has 0 unspecified atom stereocenters. The molecule has 8 nitrogen and oxygen atoms in total. The Balaban J connectivity index is 1.48. The molecule has 0 N–H and O–H groups in total. The van der Waals surface area contributed by atoms with Crippen molar-refractivity contribution in [2.24, 2.45) is 0 Å². The van der Waals surface area contributed by atoms with Crippen LogP contribution in [0.15, 0.2) is 71.8 Å². The molecule has 33 heavy (non-hydrogen) atoms. The van der Waals surface area contributed by atoms with E-state index in [-0.39, 0.29) is 12.2 Å². The molecule has 0 aliphatic rings. The zero-order chi connectivity index (χ0) is 22.8. The van der Waals surface area contributed by atoms with Gasteiger partial charge in [0, 0.05) is 18.0 Å². The molecular weight excluding hydrogens is 416 g/mol. The van der Waals surface area contributed by atoms with Crippen molar-refractivity contribution in [2.45, 2.75) is 26.3 Å². The Kier molecular flexibility index (Phi) is 5.37. The van der Waals surface area contributed by atoms with Gasteiger partial charge >= 0.3 is 5.69 Å². The highest BCUT2D eigenvalue weighted by Gasteiger charge is 2.14. The van der Waals surface area contributed by atoms with Gasteiger partial charge in [0.15, 0.2) is 5.65 Å². The van der Waals surface area contributed by atoms with Crippen LogP contribution in [0, 0.1) is 11.3 Å². The Hall–Kier alpha value is -4.38. The molecule has 164 valence electrons. The van der Waals surface area contributed by atoms with Gasteiger partial charge < -0.3 is 4.74 Å². The number of unbranched alkanes of at least 4 members (excludes halogenated alkanes) is 1. The summed E-state index contributed by atoms with van der Waals surface area (Å²) in [6, 6.07) is 19.1. The fraction of sp³-hybridized carbons (Fsp3) is 0.200. The van der Waals surface area contributed by atoms with Gasteiger partial charge in [-0.2, -0.15) is 10.4 Å². The summed E-state index contributed by atoms with van der Waals surface area (Å²) >= 11 is 0. The molecule has 3 heterocycles. The number of hydrogen-bond donors (Lipinski definition) is 0. The first-order valence-corrected chi connectivity index (χ1v) is 10.9. The standard InChI is InChI=1S/C25H22N6O2/c1-2-3-13-33-21-9-7-20(8-10-21)22-15-23-24-28-31(17-19-6-4-5-18(14-19)16-26)25(32)29(24)11-12-30(23)27-22/h4-12,14-15H,2-3,13,17H2,1H3. The Bertz CT molecular complexity index is 1540. The molecule has 0 aliphatic heterocycles. The van der Waals surface area contributed by atoms with Crippen LogP contribution in [0.5, 0.6) is 5.75 Å². The van der Waals surface area contributed by atoms with Gasteiger partial charge in [-0.05, 0) is 54.4 Å². The van der Waals surface area contributed by atoms with Crippen LogP contribution in [0.4, 0.5) is 0 Å². The number of aromatic nitrogens is 5. The minimum Gasteiger partial charge on any atom is -0.494 e. The molecule has 0 atom stereocenters. The topological polar surface area (TPSA) is 89.6 Å². The molecule has 0 spiro atoms. The quantitative estimate of drug-likeness (QED) is 0.360. The van der Waals surface area contributed by atoms with E-state index >= 15 is 0 Å². The van der Waals surface area contributed by atoms with E-state index in [1.807, 2.05) is 36.4 Å². The molecule has 0 saturated heterocycles. The van der Waals surface area contributed by atoms with Gasteiger partial charge in [0.05, 0.1) is 30.5 Å². The third-order valence-corrected chi connectivity index (χ3v) is 5.50. The summed E-state index contributed by atoms with van der Waals surface area (Å²) in [6.07, 6.45) is 5.54. The molecule has 0 bridgehead atoms. The first-order chi connectivity index (χ1) is 16.2. The lowest BCUT2D eigenvalue weighted by molar-refractivity contribution is 0.309. The van der Waals surface area contributed by atoms with Gasteiger partial charge in [-0.25, -0.2) is 18.4 Å². The van der Waals surface area contributed by atoms with Crippen molar-refractivity contribution in [3.05, 3.63) is 88.6 Å². The van der Waals surface area contributed by atoms with Crippen molar-refractivity contribution in [1.29, 1.82) is 5.26 Å². The zero-order valence-electron chi connectivity index (χ0n) is 18.2. The highest BCUT2D eigenvalue weighted by Crippen LogP contribution is 2.24. The summed E-state index contributed by atoms with van der Waals surface area (Å²) in [7, 11) is 0. The second-order valence-electron chi connectivity index (χ2n) is 7.83. The summed E-state index contributed by atoms with van der Waals surface area (Å²) in [5.74, 6) is 0.837. The summed E-state index contributed by atoms with van der Waals surface area (Å²) in [6.45, 7) is 3.12. The average molecular weight is 438 g/mol. The third kappa shape index (κ3) is 3.96. The lowest BCUT2D eigenvalue weighted by Crippen LogP contribution is -2.21. The minimum atomic E-state index is -0.244. The molecule has 2 aromatic carbocycles. The summed E-state index contributed by atoms with van der Waals surface area (Å²) in [5.41, 5.74) is 4.14. The molecule has 3 aromatic heterocycles. The van der Waals surface area contributed by atoms with E-state index < -0.39 is 0 Å². The molecule has 0 saturated carbocycles. The highest BCUT2D eigenvalue weighted by atomic mass is 16.5. The first-order valence-electron chi connectivity index (χ1n) is 10.9. The van der Waals surface area contributed by atoms with Crippen LogP contribution in [0.25, 0.3) is 22.4 Å². The maximum Gasteiger partial charge on any atom is 0.350 e. The van der Waals surface area contributed by atoms with Gasteiger partial charge in [-0.1, -0.05) is 25.5 Å². The van der Waals surface area contributed by atoms with Gasteiger partial charge in [-0.15, -0.1) is 5.10 Å². The molecule has 0 aliphatic carbocycles. The predicted octanol–water partition coefficient (Wildman–Crippen LogP) is 3.91. The van der Waals surface area contributed by atoms with Gasteiger partial charge in [0.2, 0.25) is 0 Å². The van der Waals surface area contributed by atoms with Crippen LogP contribution in [0.2, 0.25) is 0 Å². The monoisotopic (exact) mass is 438 g/mol. The minimum absolute atomic E-state index is 0.244. The maximum atomic E-state index is 12.9. The van der Waals surface area contributed by atoms with Gasteiger partial charge in [0.1, 0.15) is 11.3 Å². The van der Waals surface area contributed by atoms with E-state index in [0.717, 1.165) is 40.9 Å². The molecular formula is C25H22N6O2. The molecule has 0 fully saturated rings. The Morgan fingerprint density at radius 3 is 2.70 bits per heavy atom.